The maximum Gasteiger partial charge on any atom is 0.277 e. The van der Waals surface area contributed by atoms with Gasteiger partial charge in [-0.25, -0.2) is 9.50 Å². The van der Waals surface area contributed by atoms with Crippen molar-refractivity contribution in [3.63, 3.8) is 0 Å². The maximum atomic E-state index is 13.2. The molecule has 1 saturated heterocycles. The number of aromatic nitrogens is 3. The van der Waals surface area contributed by atoms with Gasteiger partial charge in [-0.15, -0.1) is 0 Å². The Morgan fingerprint density at radius 2 is 1.79 bits per heavy atom. The van der Waals surface area contributed by atoms with Crippen LogP contribution in [0.25, 0.3) is 5.65 Å². The minimum Gasteiger partial charge on any atom is -0.337 e. The molecule has 1 atom stereocenters. The molecular weight excluding hydrogens is 370 g/mol. The molecule has 4 aliphatic rings. The molecule has 0 aromatic carbocycles. The predicted octanol–water partition coefficient (Wildman–Crippen LogP) is 1.39. The molecule has 4 heterocycles. The van der Waals surface area contributed by atoms with Crippen molar-refractivity contribution in [2.75, 3.05) is 13.1 Å². The van der Waals surface area contributed by atoms with Gasteiger partial charge in [0, 0.05) is 37.4 Å². The molecule has 2 aliphatic carbocycles. The second kappa shape index (κ2) is 6.18. The summed E-state index contributed by atoms with van der Waals surface area (Å²) >= 11 is 0. The molecule has 2 saturated carbocycles. The van der Waals surface area contributed by atoms with Crippen molar-refractivity contribution in [1.82, 2.24) is 24.4 Å². The number of hydrogen-bond acceptors (Lipinski definition) is 4. The number of nitrogens with zero attached hydrogens (tertiary/aromatic N) is 4. The Bertz CT molecular complexity index is 1080. The molecule has 8 nitrogen and oxygen atoms in total. The number of hydrogen-bond donors (Lipinski definition) is 1. The summed E-state index contributed by atoms with van der Waals surface area (Å²) in [5.74, 6) is 0.779. The van der Waals surface area contributed by atoms with Crippen LogP contribution in [-0.2, 0) is 22.6 Å². The van der Waals surface area contributed by atoms with Gasteiger partial charge in [-0.05, 0) is 38.5 Å². The number of aromatic amines is 1. The standard InChI is InChI=1S/C21H25N5O3/c27-19(12-3-4-12)24-9-7-15-14(11-24)21(29)26-18(22-15)10-16(23-26)17-2-1-8-25(17)20(28)13-5-6-13/h10,12-13,17,23H,1-9,11H2. The van der Waals surface area contributed by atoms with E-state index in [9.17, 15) is 14.4 Å². The monoisotopic (exact) mass is 395 g/mol. The van der Waals surface area contributed by atoms with Gasteiger partial charge in [0.15, 0.2) is 5.65 Å². The molecule has 29 heavy (non-hydrogen) atoms. The number of nitrogens with one attached hydrogen (secondary N) is 1. The molecule has 0 bridgehead atoms. The smallest absolute Gasteiger partial charge is 0.277 e. The largest absolute Gasteiger partial charge is 0.337 e. The first-order valence-corrected chi connectivity index (χ1v) is 10.8. The van der Waals surface area contributed by atoms with E-state index in [-0.39, 0.29) is 35.3 Å². The highest BCUT2D eigenvalue weighted by Crippen LogP contribution is 2.38. The molecule has 0 radical (unpaired) electrons. The lowest BCUT2D eigenvalue weighted by Gasteiger charge is -2.27. The van der Waals surface area contributed by atoms with Crippen LogP contribution < -0.4 is 5.56 Å². The summed E-state index contributed by atoms with van der Waals surface area (Å²) in [7, 11) is 0. The van der Waals surface area contributed by atoms with E-state index >= 15 is 0 Å². The van der Waals surface area contributed by atoms with E-state index in [1.165, 1.54) is 4.52 Å². The van der Waals surface area contributed by atoms with Gasteiger partial charge in [0.25, 0.3) is 5.56 Å². The van der Waals surface area contributed by atoms with Gasteiger partial charge < -0.3 is 9.80 Å². The van der Waals surface area contributed by atoms with Crippen LogP contribution >= 0.6 is 0 Å². The van der Waals surface area contributed by atoms with Gasteiger partial charge >= 0.3 is 0 Å². The number of likely N-dealkylation sites (tertiary alicyclic amines) is 1. The number of carbonyl (C=O) groups is 2. The average molecular weight is 395 g/mol. The fourth-order valence-electron chi connectivity index (χ4n) is 4.87. The van der Waals surface area contributed by atoms with Crippen LogP contribution in [0.5, 0.6) is 0 Å². The van der Waals surface area contributed by atoms with Crippen molar-refractivity contribution in [3.8, 4) is 0 Å². The minimum atomic E-state index is -0.123. The van der Waals surface area contributed by atoms with Gasteiger partial charge in [-0.3, -0.25) is 19.5 Å². The molecule has 0 spiro atoms. The zero-order valence-corrected chi connectivity index (χ0v) is 16.4. The van der Waals surface area contributed by atoms with Crippen molar-refractivity contribution >= 4 is 17.5 Å². The van der Waals surface area contributed by atoms with Gasteiger partial charge in [0.1, 0.15) is 0 Å². The zero-order valence-electron chi connectivity index (χ0n) is 16.4. The molecule has 1 unspecified atom stereocenters. The van der Waals surface area contributed by atoms with Gasteiger partial charge in [0.2, 0.25) is 11.8 Å². The van der Waals surface area contributed by atoms with Crippen LogP contribution in [0.4, 0.5) is 0 Å². The Morgan fingerprint density at radius 1 is 1.03 bits per heavy atom. The van der Waals surface area contributed by atoms with Crippen molar-refractivity contribution in [2.45, 2.75) is 57.5 Å². The Balaban J connectivity index is 1.34. The van der Waals surface area contributed by atoms with Crippen molar-refractivity contribution in [2.24, 2.45) is 11.8 Å². The molecule has 2 amide bonds. The summed E-state index contributed by atoms with van der Waals surface area (Å²) < 4.78 is 1.50. The Labute approximate surface area is 167 Å². The third-order valence-corrected chi connectivity index (χ3v) is 6.84. The summed E-state index contributed by atoms with van der Waals surface area (Å²) in [6, 6.07) is 1.92. The summed E-state index contributed by atoms with van der Waals surface area (Å²) in [5, 5.41) is 3.22. The SMILES string of the molecule is O=C(C1CC1)N1CCc2nc3cc(C4CCCN4C(=O)C4CC4)[nH]n3c(=O)c2C1. The van der Waals surface area contributed by atoms with E-state index in [2.05, 4.69) is 5.10 Å². The molecule has 6 rings (SSSR count). The summed E-state index contributed by atoms with van der Waals surface area (Å²) in [6.07, 6.45) is 6.44. The average Bonchev–Trinajstić information content (AvgIpc) is 3.65. The first kappa shape index (κ1) is 17.2. The summed E-state index contributed by atoms with van der Waals surface area (Å²) in [5.41, 5.74) is 2.79. The normalized spacial score (nSPS) is 24.2. The first-order chi connectivity index (χ1) is 14.1. The third-order valence-electron chi connectivity index (χ3n) is 6.84. The van der Waals surface area contributed by atoms with E-state index in [1.54, 1.807) is 0 Å². The zero-order chi connectivity index (χ0) is 19.7. The van der Waals surface area contributed by atoms with Crippen LogP contribution in [0.1, 0.15) is 61.5 Å². The highest BCUT2D eigenvalue weighted by Gasteiger charge is 2.40. The van der Waals surface area contributed by atoms with Crippen LogP contribution in [-0.4, -0.2) is 49.3 Å². The Morgan fingerprint density at radius 3 is 2.55 bits per heavy atom. The van der Waals surface area contributed by atoms with Gasteiger partial charge in [-0.1, -0.05) is 0 Å². The second-order valence-corrected chi connectivity index (χ2v) is 9.00. The summed E-state index contributed by atoms with van der Waals surface area (Å²) in [4.78, 5) is 46.7. The highest BCUT2D eigenvalue weighted by molar-refractivity contribution is 5.82. The maximum absolute atomic E-state index is 13.2. The quantitative estimate of drug-likeness (QED) is 0.850. The lowest BCUT2D eigenvalue weighted by atomic mass is 10.1. The topological polar surface area (TPSA) is 90.8 Å². The highest BCUT2D eigenvalue weighted by atomic mass is 16.2. The van der Waals surface area contributed by atoms with Crippen molar-refractivity contribution in [3.05, 3.63) is 33.4 Å². The van der Waals surface area contributed by atoms with E-state index in [0.29, 0.717) is 30.7 Å². The molecule has 2 aliphatic heterocycles. The van der Waals surface area contributed by atoms with Crippen LogP contribution in [0, 0.1) is 11.8 Å². The Kier molecular flexibility index (Phi) is 3.67. The van der Waals surface area contributed by atoms with Crippen molar-refractivity contribution in [1.29, 1.82) is 0 Å². The van der Waals surface area contributed by atoms with Crippen molar-refractivity contribution < 1.29 is 9.59 Å². The van der Waals surface area contributed by atoms with Gasteiger partial charge in [0.05, 0.1) is 29.5 Å². The molecule has 2 aromatic rings. The molecular formula is C21H25N5O3. The number of H-pyrrole nitrogens is 1. The number of fused-ring (bicyclic) bond motifs is 2. The number of amides is 2. The number of rotatable bonds is 3. The lowest BCUT2D eigenvalue weighted by Crippen LogP contribution is -2.40. The third kappa shape index (κ3) is 2.80. The summed E-state index contributed by atoms with van der Waals surface area (Å²) in [6.45, 7) is 1.77. The van der Waals surface area contributed by atoms with Crippen LogP contribution in [0.3, 0.4) is 0 Å². The van der Waals surface area contributed by atoms with E-state index < -0.39 is 0 Å². The molecule has 3 fully saturated rings. The Hall–Kier alpha value is -2.64. The molecule has 152 valence electrons. The molecule has 8 heteroatoms. The van der Waals surface area contributed by atoms with E-state index in [1.807, 2.05) is 15.9 Å². The van der Waals surface area contributed by atoms with Crippen LogP contribution in [0.15, 0.2) is 10.9 Å². The fourth-order valence-corrected chi connectivity index (χ4v) is 4.87. The molecule has 2 aromatic heterocycles. The minimum absolute atomic E-state index is 0.00540. The molecule has 1 N–H and O–H groups in total. The predicted molar refractivity (Wildman–Crippen MR) is 104 cm³/mol. The lowest BCUT2D eigenvalue weighted by molar-refractivity contribution is -0.134. The van der Waals surface area contributed by atoms with E-state index in [0.717, 1.165) is 56.5 Å². The van der Waals surface area contributed by atoms with Gasteiger partial charge in [-0.2, -0.15) is 0 Å². The first-order valence-electron chi connectivity index (χ1n) is 10.8. The van der Waals surface area contributed by atoms with Crippen LogP contribution in [0.2, 0.25) is 0 Å². The fraction of sp³-hybridized carbons (Fsp3) is 0.619. The number of carbonyl (C=O) groups excluding carboxylic acids is 2. The van der Waals surface area contributed by atoms with E-state index in [4.69, 9.17) is 4.98 Å². The second-order valence-electron chi connectivity index (χ2n) is 9.00.